The molecule has 2 aliphatic rings. The van der Waals surface area contributed by atoms with Gasteiger partial charge in [-0.05, 0) is 92.7 Å². The zero-order valence-electron chi connectivity index (χ0n) is 14.7. The van der Waals surface area contributed by atoms with Crippen LogP contribution in [0.5, 0.6) is 0 Å². The van der Waals surface area contributed by atoms with Crippen molar-refractivity contribution in [1.29, 1.82) is 0 Å². The summed E-state index contributed by atoms with van der Waals surface area (Å²) >= 11 is 0. The molecule has 132 valence electrons. The van der Waals surface area contributed by atoms with E-state index in [-0.39, 0.29) is 0 Å². The summed E-state index contributed by atoms with van der Waals surface area (Å²) in [5, 5.41) is 0. The molecular formula is C22H30F2. The second-order valence-corrected chi connectivity index (χ2v) is 7.99. The van der Waals surface area contributed by atoms with Crippen molar-refractivity contribution in [2.45, 2.75) is 70.1 Å². The van der Waals surface area contributed by atoms with E-state index in [2.05, 4.69) is 12.7 Å². The first kappa shape index (κ1) is 17.6. The van der Waals surface area contributed by atoms with E-state index in [0.717, 1.165) is 36.2 Å². The quantitative estimate of drug-likeness (QED) is 0.509. The fourth-order valence-corrected chi connectivity index (χ4v) is 4.73. The predicted molar refractivity (Wildman–Crippen MR) is 95.9 cm³/mol. The lowest BCUT2D eigenvalue weighted by Gasteiger charge is -2.31. The van der Waals surface area contributed by atoms with Crippen LogP contribution in [0.4, 0.5) is 8.78 Å². The molecule has 2 saturated carbocycles. The Morgan fingerprint density at radius 2 is 1.42 bits per heavy atom. The summed E-state index contributed by atoms with van der Waals surface area (Å²) < 4.78 is 26.5. The number of hydrogen-bond acceptors (Lipinski definition) is 0. The van der Waals surface area contributed by atoms with E-state index in [9.17, 15) is 8.78 Å². The van der Waals surface area contributed by atoms with E-state index >= 15 is 0 Å². The first-order chi connectivity index (χ1) is 11.7. The Kier molecular flexibility index (Phi) is 6.08. The van der Waals surface area contributed by atoms with Gasteiger partial charge in [-0.1, -0.05) is 25.0 Å². The highest BCUT2D eigenvalue weighted by atomic mass is 19.2. The molecule has 1 aromatic carbocycles. The lowest BCUT2D eigenvalue weighted by molar-refractivity contribution is 0.246. The molecule has 0 amide bonds. The SMILES string of the molecule is C=C[C@H]1CC[C@H](CCC2CCC(c3ccc(F)c(F)c3)CC2)CC1. The normalized spacial score (nSPS) is 30.9. The van der Waals surface area contributed by atoms with Gasteiger partial charge in [-0.2, -0.15) is 0 Å². The van der Waals surface area contributed by atoms with E-state index in [4.69, 9.17) is 0 Å². The van der Waals surface area contributed by atoms with Crippen LogP contribution in [-0.4, -0.2) is 0 Å². The Morgan fingerprint density at radius 3 is 1.96 bits per heavy atom. The number of halogens is 2. The number of rotatable bonds is 5. The molecule has 2 heteroatoms. The highest BCUT2D eigenvalue weighted by molar-refractivity contribution is 5.22. The van der Waals surface area contributed by atoms with E-state index in [0.29, 0.717) is 5.92 Å². The molecular weight excluding hydrogens is 302 g/mol. The van der Waals surface area contributed by atoms with Crippen LogP contribution in [-0.2, 0) is 0 Å². The zero-order chi connectivity index (χ0) is 16.9. The summed E-state index contributed by atoms with van der Waals surface area (Å²) in [5.41, 5.74) is 0.982. The van der Waals surface area contributed by atoms with E-state index in [1.165, 1.54) is 63.5 Å². The monoisotopic (exact) mass is 332 g/mol. The summed E-state index contributed by atoms with van der Waals surface area (Å²) in [6, 6.07) is 4.44. The molecule has 0 aromatic heterocycles. The van der Waals surface area contributed by atoms with Gasteiger partial charge in [0, 0.05) is 0 Å². The molecule has 0 atom stereocenters. The third kappa shape index (κ3) is 4.46. The van der Waals surface area contributed by atoms with E-state index in [1.807, 2.05) is 0 Å². The Bertz CT molecular complexity index is 535. The zero-order valence-corrected chi connectivity index (χ0v) is 14.7. The molecule has 0 N–H and O–H groups in total. The average Bonchev–Trinajstić information content (AvgIpc) is 2.63. The van der Waals surface area contributed by atoms with E-state index in [1.54, 1.807) is 6.07 Å². The van der Waals surface area contributed by atoms with Crippen LogP contribution >= 0.6 is 0 Å². The van der Waals surface area contributed by atoms with Crippen molar-refractivity contribution in [3.05, 3.63) is 48.1 Å². The minimum absolute atomic E-state index is 0.416. The molecule has 0 radical (unpaired) electrons. The third-order valence-electron chi connectivity index (χ3n) is 6.47. The van der Waals surface area contributed by atoms with Crippen molar-refractivity contribution in [3.63, 3.8) is 0 Å². The maximum Gasteiger partial charge on any atom is 0.159 e. The standard InChI is InChI=1S/C22H30F2/c1-2-16-3-5-17(6-4-16)7-8-18-9-11-19(12-10-18)20-13-14-21(23)22(24)15-20/h2,13-19H,1,3-12H2/t16-,17-,18?,19?. The molecule has 0 aliphatic heterocycles. The molecule has 0 unspecified atom stereocenters. The van der Waals surface area contributed by atoms with Crippen molar-refractivity contribution < 1.29 is 8.78 Å². The summed E-state index contributed by atoms with van der Waals surface area (Å²) in [7, 11) is 0. The summed E-state index contributed by atoms with van der Waals surface area (Å²) in [6.07, 6.45) is 15.0. The molecule has 3 rings (SSSR count). The Labute approximate surface area is 145 Å². The van der Waals surface area contributed by atoms with Crippen molar-refractivity contribution >= 4 is 0 Å². The van der Waals surface area contributed by atoms with Gasteiger partial charge in [-0.25, -0.2) is 8.78 Å². The first-order valence-electron chi connectivity index (χ1n) is 9.73. The lowest BCUT2D eigenvalue weighted by Crippen LogP contribution is -2.17. The van der Waals surface area contributed by atoms with Crippen molar-refractivity contribution in [2.24, 2.45) is 17.8 Å². The van der Waals surface area contributed by atoms with Gasteiger partial charge >= 0.3 is 0 Å². The average molecular weight is 332 g/mol. The van der Waals surface area contributed by atoms with Crippen molar-refractivity contribution in [2.75, 3.05) is 0 Å². The highest BCUT2D eigenvalue weighted by Crippen LogP contribution is 2.40. The van der Waals surface area contributed by atoms with Gasteiger partial charge < -0.3 is 0 Å². The van der Waals surface area contributed by atoms with Crippen LogP contribution in [0.3, 0.4) is 0 Å². The molecule has 0 nitrogen and oxygen atoms in total. The van der Waals surface area contributed by atoms with Crippen molar-refractivity contribution in [1.82, 2.24) is 0 Å². The van der Waals surface area contributed by atoms with Crippen LogP contribution in [0.2, 0.25) is 0 Å². The highest BCUT2D eigenvalue weighted by Gasteiger charge is 2.25. The topological polar surface area (TPSA) is 0 Å². The second-order valence-electron chi connectivity index (χ2n) is 7.99. The molecule has 0 spiro atoms. The van der Waals surface area contributed by atoms with Gasteiger partial charge in [-0.3, -0.25) is 0 Å². The Hall–Kier alpha value is -1.18. The Morgan fingerprint density at radius 1 is 0.833 bits per heavy atom. The molecule has 2 aliphatic carbocycles. The van der Waals surface area contributed by atoms with Gasteiger partial charge in [-0.15, -0.1) is 6.58 Å². The second kappa shape index (κ2) is 8.27. The minimum atomic E-state index is -0.737. The van der Waals surface area contributed by atoms with Gasteiger partial charge in [0.15, 0.2) is 11.6 Å². The summed E-state index contributed by atoms with van der Waals surface area (Å²) in [6.45, 7) is 3.93. The molecule has 0 saturated heterocycles. The molecule has 2 fully saturated rings. The number of benzene rings is 1. The van der Waals surface area contributed by atoms with E-state index < -0.39 is 11.6 Å². The minimum Gasteiger partial charge on any atom is -0.204 e. The molecule has 0 heterocycles. The lowest BCUT2D eigenvalue weighted by atomic mass is 9.74. The van der Waals surface area contributed by atoms with Gasteiger partial charge in [0.25, 0.3) is 0 Å². The third-order valence-corrected chi connectivity index (χ3v) is 6.47. The fourth-order valence-electron chi connectivity index (χ4n) is 4.73. The molecule has 1 aromatic rings. The van der Waals surface area contributed by atoms with Crippen molar-refractivity contribution in [3.8, 4) is 0 Å². The van der Waals surface area contributed by atoms with Gasteiger partial charge in [0.2, 0.25) is 0 Å². The van der Waals surface area contributed by atoms with Gasteiger partial charge in [0.1, 0.15) is 0 Å². The number of allylic oxidation sites excluding steroid dienone is 1. The largest absolute Gasteiger partial charge is 0.204 e. The molecule has 24 heavy (non-hydrogen) atoms. The maximum atomic E-state index is 13.4. The van der Waals surface area contributed by atoms with Gasteiger partial charge in [0.05, 0.1) is 0 Å². The maximum absolute atomic E-state index is 13.4. The fraction of sp³-hybridized carbons (Fsp3) is 0.636. The van der Waals surface area contributed by atoms with Crippen LogP contribution in [0.15, 0.2) is 30.9 Å². The van der Waals surface area contributed by atoms with Crippen LogP contribution in [0.1, 0.15) is 75.7 Å². The van der Waals surface area contributed by atoms with Crippen LogP contribution in [0, 0.1) is 29.4 Å². The Balaban J connectivity index is 1.40. The molecule has 0 bridgehead atoms. The summed E-state index contributed by atoms with van der Waals surface area (Å²) in [4.78, 5) is 0. The summed E-state index contributed by atoms with van der Waals surface area (Å²) in [5.74, 6) is 1.49. The first-order valence-corrected chi connectivity index (χ1v) is 9.73. The van der Waals surface area contributed by atoms with Crippen LogP contribution < -0.4 is 0 Å². The van der Waals surface area contributed by atoms with Crippen LogP contribution in [0.25, 0.3) is 0 Å². The number of hydrogen-bond donors (Lipinski definition) is 0. The smallest absolute Gasteiger partial charge is 0.159 e. The predicted octanol–water partition coefficient (Wildman–Crippen LogP) is 7.01.